The number of cyclic esters (lactones) is 1. The van der Waals surface area contributed by atoms with Crippen molar-refractivity contribution in [3.05, 3.63) is 66.4 Å². The summed E-state index contributed by atoms with van der Waals surface area (Å²) in [4.78, 5) is 72.0. The van der Waals surface area contributed by atoms with Crippen LogP contribution in [0.4, 0.5) is 4.79 Å². The van der Waals surface area contributed by atoms with Gasteiger partial charge in [-0.3, -0.25) is 23.4 Å². The van der Waals surface area contributed by atoms with Crippen LogP contribution in [0, 0.1) is 16.7 Å². The number of hydrogen-bond donors (Lipinski definition) is 3. The van der Waals surface area contributed by atoms with Crippen molar-refractivity contribution in [2.45, 2.75) is 108 Å². The van der Waals surface area contributed by atoms with Crippen LogP contribution in [0.5, 0.6) is 0 Å². The van der Waals surface area contributed by atoms with Crippen molar-refractivity contribution in [1.82, 2.24) is 25.4 Å². The van der Waals surface area contributed by atoms with E-state index in [0.717, 1.165) is 42.1 Å². The van der Waals surface area contributed by atoms with Gasteiger partial charge in [0.1, 0.15) is 23.3 Å². The van der Waals surface area contributed by atoms with Crippen LogP contribution in [0.2, 0.25) is 0 Å². The first-order chi connectivity index (χ1) is 26.7. The number of hydrogen-bond acceptors (Lipinski definition) is 7. The molecule has 3 fully saturated rings. The molecule has 2 aliphatic carbocycles. The molecule has 308 valence electrons. The second kappa shape index (κ2) is 15.6. The molecule has 6 atom stereocenters. The Morgan fingerprint density at radius 3 is 2.51 bits per heavy atom. The molecule has 0 radical (unpaired) electrons. The predicted molar refractivity (Wildman–Crippen MR) is 225 cm³/mol. The maximum Gasteiger partial charge on any atom is 0.407 e. The molecule has 3 N–H and O–H groups in total. The molecule has 2 aromatic rings. The summed E-state index contributed by atoms with van der Waals surface area (Å²) >= 11 is 0. The quantitative estimate of drug-likeness (QED) is 0.230. The van der Waals surface area contributed by atoms with E-state index >= 15 is 0 Å². The zero-order valence-corrected chi connectivity index (χ0v) is 35.1. The summed E-state index contributed by atoms with van der Waals surface area (Å²) in [7, 11) is -0.626. The number of rotatable bonds is 9. The number of carbonyl (C=O) groups is 5. The van der Waals surface area contributed by atoms with Gasteiger partial charge in [-0.1, -0.05) is 71.6 Å². The first-order valence-corrected chi connectivity index (χ1v) is 21.9. The third-order valence-electron chi connectivity index (χ3n) is 11.9. The number of allylic oxidation sites excluding steroid dienone is 1. The van der Waals surface area contributed by atoms with E-state index in [1.165, 1.54) is 4.90 Å². The molecule has 12 nitrogen and oxygen atoms in total. The number of ketones is 1. The van der Waals surface area contributed by atoms with Crippen LogP contribution < -0.4 is 16.0 Å². The maximum absolute atomic E-state index is 14.7. The van der Waals surface area contributed by atoms with E-state index in [2.05, 4.69) is 41.1 Å². The van der Waals surface area contributed by atoms with Crippen molar-refractivity contribution in [3.63, 3.8) is 0 Å². The summed E-state index contributed by atoms with van der Waals surface area (Å²) in [6.45, 7) is 17.9. The second-order valence-corrected chi connectivity index (χ2v) is 21.2. The van der Waals surface area contributed by atoms with Crippen LogP contribution >= 0.6 is 0 Å². The zero-order chi connectivity index (χ0) is 41.7. The van der Waals surface area contributed by atoms with Crippen molar-refractivity contribution < 1.29 is 32.9 Å². The Kier molecular flexibility index (Phi) is 11.5. The normalized spacial score (nSPS) is 28.5. The number of carbonyl (C=O) groups excluding carboxylic acids is 5. The van der Waals surface area contributed by atoms with Gasteiger partial charge in [0.25, 0.3) is 5.91 Å². The van der Waals surface area contributed by atoms with Gasteiger partial charge in [0.2, 0.25) is 11.8 Å². The lowest BCUT2D eigenvalue weighted by Gasteiger charge is -2.32. The molecule has 57 heavy (non-hydrogen) atoms. The summed E-state index contributed by atoms with van der Waals surface area (Å²) < 4.78 is 20.7. The topological polar surface area (TPSA) is 156 Å². The highest BCUT2D eigenvalue weighted by atomic mass is 32.2. The van der Waals surface area contributed by atoms with Crippen molar-refractivity contribution >= 4 is 62.0 Å². The van der Waals surface area contributed by atoms with Gasteiger partial charge >= 0.3 is 6.09 Å². The Balaban J connectivity index is 1.34. The molecule has 3 heterocycles. The summed E-state index contributed by atoms with van der Waals surface area (Å²) in [6, 6.07) is 4.92. The highest BCUT2D eigenvalue weighted by molar-refractivity contribution is 8.01. The molecule has 4 bridgehead atoms. The van der Waals surface area contributed by atoms with Crippen LogP contribution in [0.15, 0.2) is 55.1 Å². The summed E-state index contributed by atoms with van der Waals surface area (Å²) in [6.07, 6.45) is 8.26. The summed E-state index contributed by atoms with van der Waals surface area (Å²) in [5.41, 5.74) is 0.462. The lowest BCUT2D eigenvalue weighted by molar-refractivity contribution is -0.141. The lowest BCUT2D eigenvalue weighted by Crippen LogP contribution is -2.57. The Labute approximate surface area is 336 Å². The van der Waals surface area contributed by atoms with Gasteiger partial charge in [0.15, 0.2) is 5.78 Å². The fourth-order valence-electron chi connectivity index (χ4n) is 8.37. The van der Waals surface area contributed by atoms with Crippen LogP contribution in [0.25, 0.3) is 17.0 Å². The number of Topliss-reactive ketones (excluding diaryl/α,β-unsaturated/α-hetero) is 1. The number of alkyl carbamates (subject to hydrolysis) is 1. The van der Waals surface area contributed by atoms with E-state index < -0.39 is 62.4 Å². The van der Waals surface area contributed by atoms with Gasteiger partial charge in [0.05, 0.1) is 6.61 Å². The molecular formula is C44H59N5O7S. The molecule has 4 amide bonds. The molecule has 1 saturated heterocycles. The van der Waals surface area contributed by atoms with Gasteiger partial charge in [-0.2, -0.15) is 0 Å². The van der Waals surface area contributed by atoms with Gasteiger partial charge in [-0.25, -0.2) is 4.79 Å². The Bertz CT molecular complexity index is 2140. The van der Waals surface area contributed by atoms with Gasteiger partial charge in [-0.15, -0.1) is 6.58 Å². The highest BCUT2D eigenvalue weighted by Gasteiger charge is 2.64. The largest absolute Gasteiger partial charge is 0.449 e. The molecule has 4 aliphatic rings. The molecular weight excluding hydrogens is 743 g/mol. The third kappa shape index (κ3) is 8.93. The van der Waals surface area contributed by atoms with Crippen molar-refractivity contribution in [3.8, 4) is 0 Å². The SMILES string of the molecule is C=C[C@@H]1C(=C)[C@]1(NC(=O)[C@@H]1C[C@@H]2CN1C(=O)[C@H](CC(C)(C)C)NC(=O)OCC(C)(C)CC/C=C/c1cccc3c1cc(n3C)C(=O)N2)C(=O)CCS(=C)(=O)C1CC1. The second-order valence-electron chi connectivity index (χ2n) is 18.4. The van der Waals surface area contributed by atoms with Crippen LogP contribution in [0.3, 0.4) is 0 Å². The standard InChI is InChI=1S/C44H59N5O7S/c1-10-32-27(2)44(32,37(50)19-21-57(9,55)30-17-18-30)47-39(52)36-22-29-25-49(36)40(53)33(24-42(3,4)5)46-41(54)56-26-43(6,7)20-12-11-14-28-15-13-16-34-31(28)23-35(48(34)8)38(51)45-29/h10-11,13-16,23,29-30,32-33,36H,1-2,9,12,17-22,24-26H2,3-8H3,(H,45,51)(H,46,54)(H,47,52)/b14-11+/t29-,32-,33+,36+,44-,57?/m1/s1. The molecule has 2 saturated carbocycles. The summed E-state index contributed by atoms with van der Waals surface area (Å²) in [5, 5.41) is 9.73. The molecule has 6 rings (SSSR count). The number of benzene rings is 1. The predicted octanol–water partition coefficient (Wildman–Crippen LogP) is 5.31. The van der Waals surface area contributed by atoms with E-state index in [9.17, 15) is 28.2 Å². The maximum atomic E-state index is 14.7. The Morgan fingerprint density at radius 1 is 1.14 bits per heavy atom. The van der Waals surface area contributed by atoms with E-state index in [1.807, 2.05) is 76.6 Å². The van der Waals surface area contributed by atoms with E-state index in [1.54, 1.807) is 6.08 Å². The summed E-state index contributed by atoms with van der Waals surface area (Å²) in [5.74, 6) is 1.65. The fraction of sp³-hybridized carbons (Fsp3) is 0.545. The molecule has 13 heteroatoms. The van der Waals surface area contributed by atoms with Crippen LogP contribution in [-0.2, 0) is 35.7 Å². The minimum Gasteiger partial charge on any atom is -0.449 e. The fourth-order valence-corrected chi connectivity index (χ4v) is 10.2. The van der Waals surface area contributed by atoms with Crippen LogP contribution in [-0.4, -0.2) is 97.0 Å². The van der Waals surface area contributed by atoms with Crippen molar-refractivity contribution in [2.24, 2.45) is 23.8 Å². The van der Waals surface area contributed by atoms with Gasteiger partial charge < -0.3 is 30.2 Å². The Morgan fingerprint density at radius 2 is 1.86 bits per heavy atom. The molecule has 1 unspecified atom stereocenters. The molecule has 1 aromatic carbocycles. The number of ether oxygens (including phenoxy) is 1. The van der Waals surface area contributed by atoms with Gasteiger partial charge in [0, 0.05) is 53.9 Å². The average Bonchev–Trinajstić information content (AvgIpc) is 4.00. The number of amides is 4. The van der Waals surface area contributed by atoms with Gasteiger partial charge in [-0.05, 0) is 88.0 Å². The first kappa shape index (κ1) is 42.0. The number of aryl methyl sites for hydroxylation is 1. The average molecular weight is 802 g/mol. The smallest absolute Gasteiger partial charge is 0.407 e. The monoisotopic (exact) mass is 801 g/mol. The molecule has 0 spiro atoms. The van der Waals surface area contributed by atoms with E-state index in [0.29, 0.717) is 11.3 Å². The number of nitrogens with zero attached hydrogens (tertiary/aromatic N) is 2. The van der Waals surface area contributed by atoms with Crippen molar-refractivity contribution in [1.29, 1.82) is 0 Å². The third-order valence-corrected chi connectivity index (χ3v) is 14.5. The lowest BCUT2D eigenvalue weighted by atomic mass is 9.87. The van der Waals surface area contributed by atoms with E-state index in [-0.39, 0.29) is 60.5 Å². The minimum atomic E-state index is -2.46. The van der Waals surface area contributed by atoms with Crippen molar-refractivity contribution in [2.75, 3.05) is 18.9 Å². The number of aromatic nitrogens is 1. The number of nitrogens with one attached hydrogen (secondary N) is 3. The molecule has 2 aliphatic heterocycles. The minimum absolute atomic E-state index is 0.00574. The highest BCUT2D eigenvalue weighted by Crippen LogP contribution is 2.51. The zero-order valence-electron chi connectivity index (χ0n) is 34.3. The molecule has 1 aromatic heterocycles. The van der Waals surface area contributed by atoms with Crippen LogP contribution in [0.1, 0.15) is 95.6 Å². The number of fused-ring (bicyclic) bond motifs is 3. The Hall–Kier alpha value is -4.65. The van der Waals surface area contributed by atoms with E-state index in [4.69, 9.17) is 4.74 Å². The first-order valence-electron chi connectivity index (χ1n) is 20.0.